The zero-order valence-electron chi connectivity index (χ0n) is 13.3. The third kappa shape index (κ3) is 5.33. The van der Waals surface area contributed by atoms with Crippen molar-refractivity contribution in [1.82, 2.24) is 0 Å². The molecule has 24 heavy (non-hydrogen) atoms. The minimum absolute atomic E-state index is 0.0167. The van der Waals surface area contributed by atoms with Crippen LogP contribution in [0.3, 0.4) is 0 Å². The Morgan fingerprint density at radius 3 is 2.46 bits per heavy atom. The Bertz CT molecular complexity index is 709. The van der Waals surface area contributed by atoms with Crippen molar-refractivity contribution in [1.29, 1.82) is 0 Å². The topological polar surface area (TPSA) is 72.5 Å². The molecule has 0 fully saturated rings. The highest BCUT2D eigenvalue weighted by Gasteiger charge is 2.11. The van der Waals surface area contributed by atoms with Crippen LogP contribution in [0.1, 0.15) is 36.1 Å². The number of hydrogen-bond acceptors (Lipinski definition) is 3. The quantitative estimate of drug-likeness (QED) is 0.625. The zero-order valence-corrected chi connectivity index (χ0v) is 16.4. The fourth-order valence-corrected chi connectivity index (χ4v) is 3.78. The van der Waals surface area contributed by atoms with E-state index in [1.807, 2.05) is 43.3 Å². The summed E-state index contributed by atoms with van der Waals surface area (Å²) in [6.07, 6.45) is 0.576. The van der Waals surface area contributed by atoms with Crippen molar-refractivity contribution in [2.24, 2.45) is 5.73 Å². The molecule has 0 radical (unpaired) electrons. The van der Waals surface area contributed by atoms with Gasteiger partial charge in [-0.3, -0.25) is 4.79 Å². The van der Waals surface area contributed by atoms with Crippen molar-refractivity contribution < 1.29 is 14.6 Å². The summed E-state index contributed by atoms with van der Waals surface area (Å²) in [5.74, 6) is -0.114. The van der Waals surface area contributed by atoms with E-state index in [2.05, 4.69) is 31.9 Å². The van der Waals surface area contributed by atoms with E-state index in [-0.39, 0.29) is 12.5 Å². The summed E-state index contributed by atoms with van der Waals surface area (Å²) < 4.78 is 7.50. The minimum Gasteiger partial charge on any atom is -0.487 e. The Balaban J connectivity index is 2.10. The van der Waals surface area contributed by atoms with Gasteiger partial charge in [0.05, 0.1) is 8.95 Å². The van der Waals surface area contributed by atoms with Crippen LogP contribution in [-0.4, -0.2) is 11.1 Å². The maximum absolute atomic E-state index is 10.7. The largest absolute Gasteiger partial charge is 0.487 e. The maximum atomic E-state index is 10.7. The Morgan fingerprint density at radius 1 is 1.21 bits per heavy atom. The van der Waals surface area contributed by atoms with Crippen LogP contribution in [0.4, 0.5) is 0 Å². The molecule has 0 aliphatic heterocycles. The number of carbonyl (C=O) groups is 1. The summed E-state index contributed by atoms with van der Waals surface area (Å²) in [5, 5.41) is 8.78. The highest BCUT2D eigenvalue weighted by atomic mass is 79.9. The molecule has 0 spiro atoms. The first-order valence-electron chi connectivity index (χ1n) is 7.53. The number of aryl methyl sites for hydroxylation is 1. The third-order valence-electron chi connectivity index (χ3n) is 3.55. The lowest BCUT2D eigenvalue weighted by Gasteiger charge is -2.13. The summed E-state index contributed by atoms with van der Waals surface area (Å²) in [5.41, 5.74) is 8.95. The molecule has 6 heteroatoms. The number of aliphatic carboxylic acids is 1. The smallest absolute Gasteiger partial charge is 0.303 e. The summed E-state index contributed by atoms with van der Waals surface area (Å²) in [6.45, 7) is 2.37. The van der Waals surface area contributed by atoms with Gasteiger partial charge in [-0.2, -0.15) is 0 Å². The molecule has 0 amide bonds. The lowest BCUT2D eigenvalue weighted by Crippen LogP contribution is -2.06. The van der Waals surface area contributed by atoms with Crippen LogP contribution in [0.5, 0.6) is 5.75 Å². The second kappa shape index (κ2) is 8.65. The summed E-state index contributed by atoms with van der Waals surface area (Å²) in [4.78, 5) is 10.7. The molecule has 3 N–H and O–H groups in total. The van der Waals surface area contributed by atoms with Gasteiger partial charge < -0.3 is 15.6 Å². The number of nitrogens with two attached hydrogens (primary N) is 1. The van der Waals surface area contributed by atoms with E-state index >= 15 is 0 Å². The maximum Gasteiger partial charge on any atom is 0.303 e. The fourth-order valence-electron chi connectivity index (χ4n) is 2.27. The zero-order chi connectivity index (χ0) is 17.7. The second-order valence-corrected chi connectivity index (χ2v) is 7.31. The van der Waals surface area contributed by atoms with E-state index in [9.17, 15) is 4.79 Å². The van der Waals surface area contributed by atoms with Crippen LogP contribution in [0, 0.1) is 0 Å². The SMILES string of the molecule is CC(N)c1cccc(COc2c(Br)cc(CCC(=O)O)cc2Br)c1. The van der Waals surface area contributed by atoms with Gasteiger partial charge in [0.15, 0.2) is 0 Å². The Morgan fingerprint density at radius 2 is 1.88 bits per heavy atom. The summed E-state index contributed by atoms with van der Waals surface area (Å²) in [7, 11) is 0. The number of hydrogen-bond donors (Lipinski definition) is 2. The van der Waals surface area contributed by atoms with Crippen molar-refractivity contribution >= 4 is 37.8 Å². The normalized spacial score (nSPS) is 12.0. The van der Waals surface area contributed by atoms with Gasteiger partial charge in [-0.15, -0.1) is 0 Å². The van der Waals surface area contributed by atoms with E-state index in [4.69, 9.17) is 15.6 Å². The molecule has 1 atom stereocenters. The van der Waals surface area contributed by atoms with Gasteiger partial charge in [0.1, 0.15) is 12.4 Å². The predicted octanol–water partition coefficient (Wildman–Crippen LogP) is 4.83. The van der Waals surface area contributed by atoms with Gasteiger partial charge in [0.25, 0.3) is 0 Å². The Labute approximate surface area is 158 Å². The molecule has 2 aromatic rings. The van der Waals surface area contributed by atoms with Crippen LogP contribution in [-0.2, 0) is 17.8 Å². The van der Waals surface area contributed by atoms with Crippen LogP contribution < -0.4 is 10.5 Å². The molecule has 0 aliphatic rings. The van der Waals surface area contributed by atoms with Crippen molar-refractivity contribution in [2.75, 3.05) is 0 Å². The van der Waals surface area contributed by atoms with Crippen molar-refractivity contribution in [2.45, 2.75) is 32.4 Å². The highest BCUT2D eigenvalue weighted by molar-refractivity contribution is 9.11. The van der Waals surface area contributed by atoms with Gasteiger partial charge in [-0.25, -0.2) is 0 Å². The summed E-state index contributed by atoms with van der Waals surface area (Å²) >= 11 is 6.99. The average Bonchev–Trinajstić information content (AvgIpc) is 2.52. The van der Waals surface area contributed by atoms with Crippen molar-refractivity contribution in [3.63, 3.8) is 0 Å². The standard InChI is InChI=1S/C18H19Br2NO3/c1-11(21)14-4-2-3-13(7-14)10-24-18-15(19)8-12(9-16(18)20)5-6-17(22)23/h2-4,7-9,11H,5-6,10,21H2,1H3,(H,22,23). The molecular formula is C18H19Br2NO3. The molecule has 2 rings (SSSR count). The predicted molar refractivity (Wildman–Crippen MR) is 101 cm³/mol. The number of carboxylic acids is 1. The van der Waals surface area contributed by atoms with Crippen LogP contribution in [0.25, 0.3) is 0 Å². The van der Waals surface area contributed by atoms with Crippen LogP contribution >= 0.6 is 31.9 Å². The molecular weight excluding hydrogens is 438 g/mol. The molecule has 0 bridgehead atoms. The number of halogens is 2. The van der Waals surface area contributed by atoms with Crippen LogP contribution in [0.15, 0.2) is 45.3 Å². The number of benzene rings is 2. The van der Waals surface area contributed by atoms with Gasteiger partial charge in [0, 0.05) is 12.5 Å². The van der Waals surface area contributed by atoms with E-state index < -0.39 is 5.97 Å². The Hall–Kier alpha value is -1.37. The molecule has 0 aromatic heterocycles. The monoisotopic (exact) mass is 455 g/mol. The fraction of sp³-hybridized carbons (Fsp3) is 0.278. The molecule has 0 saturated heterocycles. The summed E-state index contributed by atoms with van der Waals surface area (Å²) in [6, 6.07) is 11.8. The first-order chi connectivity index (χ1) is 11.4. The molecule has 0 heterocycles. The van der Waals surface area contributed by atoms with E-state index in [1.165, 1.54) is 0 Å². The van der Waals surface area contributed by atoms with Gasteiger partial charge in [0.2, 0.25) is 0 Å². The van der Waals surface area contributed by atoms with E-state index in [1.54, 1.807) is 0 Å². The number of rotatable bonds is 7. The molecule has 1 unspecified atom stereocenters. The van der Waals surface area contributed by atoms with Crippen molar-refractivity contribution in [3.05, 3.63) is 62.0 Å². The first-order valence-corrected chi connectivity index (χ1v) is 9.12. The second-order valence-electron chi connectivity index (χ2n) is 5.60. The van der Waals surface area contributed by atoms with Gasteiger partial charge >= 0.3 is 5.97 Å². The van der Waals surface area contributed by atoms with E-state index in [0.717, 1.165) is 25.6 Å². The van der Waals surface area contributed by atoms with E-state index in [0.29, 0.717) is 18.8 Å². The molecule has 4 nitrogen and oxygen atoms in total. The molecule has 128 valence electrons. The van der Waals surface area contributed by atoms with Crippen molar-refractivity contribution in [3.8, 4) is 5.75 Å². The first kappa shape index (κ1) is 19.0. The number of carboxylic acid groups (broad SMARTS) is 1. The third-order valence-corrected chi connectivity index (χ3v) is 4.72. The lowest BCUT2D eigenvalue weighted by atomic mass is 10.1. The molecule has 0 saturated carbocycles. The highest BCUT2D eigenvalue weighted by Crippen LogP contribution is 2.35. The number of ether oxygens (including phenoxy) is 1. The Kier molecular flexibility index (Phi) is 6.83. The lowest BCUT2D eigenvalue weighted by molar-refractivity contribution is -0.136. The minimum atomic E-state index is -0.809. The van der Waals surface area contributed by atoms with Crippen LogP contribution in [0.2, 0.25) is 0 Å². The average molecular weight is 457 g/mol. The molecule has 0 aliphatic carbocycles. The van der Waals surface area contributed by atoms with Gasteiger partial charge in [-0.05, 0) is 74.0 Å². The molecule has 2 aromatic carbocycles. The van der Waals surface area contributed by atoms with Gasteiger partial charge in [-0.1, -0.05) is 24.3 Å².